The first-order chi connectivity index (χ1) is 18.4. The van der Waals surface area contributed by atoms with Crippen molar-refractivity contribution < 1.29 is 23.4 Å². The number of methoxy groups -OCH3 is 1. The van der Waals surface area contributed by atoms with Gasteiger partial charge < -0.3 is 15.6 Å². The number of halogens is 2. The summed E-state index contributed by atoms with van der Waals surface area (Å²) in [7, 11) is 1.38. The van der Waals surface area contributed by atoms with E-state index in [0.29, 0.717) is 27.6 Å². The molecular formula is C26H24F2N6O3S. The van der Waals surface area contributed by atoms with Gasteiger partial charge in [-0.05, 0) is 48.1 Å². The molecule has 3 aromatic rings. The van der Waals surface area contributed by atoms with Gasteiger partial charge in [-0.3, -0.25) is 20.1 Å². The van der Waals surface area contributed by atoms with Crippen LogP contribution in [0.1, 0.15) is 45.9 Å². The third-order valence-electron chi connectivity index (χ3n) is 5.46. The van der Waals surface area contributed by atoms with Crippen molar-refractivity contribution in [3.05, 3.63) is 58.5 Å². The van der Waals surface area contributed by atoms with Crippen LogP contribution >= 0.6 is 11.3 Å². The summed E-state index contributed by atoms with van der Waals surface area (Å²) in [6, 6.07) is 6.00. The number of allylic oxidation sites excluding steroid dienone is 1. The van der Waals surface area contributed by atoms with Crippen LogP contribution in [0.2, 0.25) is 0 Å². The predicted molar refractivity (Wildman–Crippen MR) is 141 cm³/mol. The van der Waals surface area contributed by atoms with Gasteiger partial charge in [0.05, 0.1) is 26.5 Å². The molecule has 0 unspecified atom stereocenters. The highest BCUT2D eigenvalue weighted by molar-refractivity contribution is 7.15. The second kappa shape index (κ2) is 12.4. The molecular weight excluding hydrogens is 514 g/mol. The number of aromatic nitrogens is 3. The molecule has 0 atom stereocenters. The third-order valence-corrected chi connectivity index (χ3v) is 6.22. The van der Waals surface area contributed by atoms with E-state index in [9.17, 15) is 13.6 Å². The van der Waals surface area contributed by atoms with Gasteiger partial charge >= 0.3 is 0 Å². The maximum absolute atomic E-state index is 13.5. The van der Waals surface area contributed by atoms with E-state index in [4.69, 9.17) is 15.6 Å². The number of anilines is 1. The van der Waals surface area contributed by atoms with Crippen molar-refractivity contribution in [1.82, 2.24) is 15.2 Å². The zero-order valence-electron chi connectivity index (χ0n) is 20.3. The number of carbonyl (C=O) groups is 1. The molecule has 2 aromatic heterocycles. The number of alkyl halides is 2. The average molecular weight is 539 g/mol. The molecule has 1 aromatic carbocycles. The maximum Gasteiger partial charge on any atom is 0.280 e. The summed E-state index contributed by atoms with van der Waals surface area (Å²) >= 11 is 1.14. The highest BCUT2D eigenvalue weighted by atomic mass is 32.1. The quantitative estimate of drug-likeness (QED) is 0.278. The second-order valence-corrected chi connectivity index (χ2v) is 9.14. The molecule has 1 saturated carbocycles. The van der Waals surface area contributed by atoms with Crippen LogP contribution < -0.4 is 15.8 Å². The highest BCUT2D eigenvalue weighted by Crippen LogP contribution is 2.36. The monoisotopic (exact) mass is 538 g/mol. The number of aliphatic hydroxyl groups excluding tert-OH is 1. The Morgan fingerprint density at radius 1 is 1.34 bits per heavy atom. The Bertz CT molecular complexity index is 1440. The van der Waals surface area contributed by atoms with Crippen LogP contribution in [0.3, 0.4) is 0 Å². The number of nitrogens with zero attached hydrogens (tertiary/aromatic N) is 4. The van der Waals surface area contributed by atoms with Crippen molar-refractivity contribution in [3.63, 3.8) is 0 Å². The average Bonchev–Trinajstić information content (AvgIpc) is 3.66. The second-order valence-electron chi connectivity index (χ2n) is 8.16. The van der Waals surface area contributed by atoms with E-state index in [-0.39, 0.29) is 35.2 Å². The number of aliphatic imine (C=N–C) groups is 1. The fourth-order valence-electron chi connectivity index (χ4n) is 3.41. The molecule has 0 spiro atoms. The van der Waals surface area contributed by atoms with Crippen molar-refractivity contribution in [3.8, 4) is 28.7 Å². The van der Waals surface area contributed by atoms with Crippen molar-refractivity contribution in [2.45, 2.75) is 19.3 Å². The van der Waals surface area contributed by atoms with E-state index in [1.165, 1.54) is 31.8 Å². The number of ether oxygens (including phenoxy) is 1. The van der Waals surface area contributed by atoms with Crippen LogP contribution in [0.4, 0.5) is 13.9 Å². The summed E-state index contributed by atoms with van der Waals surface area (Å²) in [4.78, 5) is 21.2. The summed E-state index contributed by atoms with van der Waals surface area (Å²) < 4.78 is 32.4. The molecule has 1 fully saturated rings. The number of amides is 1. The van der Waals surface area contributed by atoms with Crippen molar-refractivity contribution in [2.75, 3.05) is 25.6 Å². The third kappa shape index (κ3) is 6.56. The molecule has 4 rings (SSSR count). The molecule has 12 heteroatoms. The summed E-state index contributed by atoms with van der Waals surface area (Å²) in [5.74, 6) is 6.11. The summed E-state index contributed by atoms with van der Waals surface area (Å²) in [6.07, 6.45) is 3.31. The number of hydrogen-bond donors (Lipinski definition) is 3. The molecule has 0 aliphatic heterocycles. The number of nitrogens with two attached hydrogens (primary N) is 1. The zero-order valence-corrected chi connectivity index (χ0v) is 21.1. The maximum atomic E-state index is 13.5. The van der Waals surface area contributed by atoms with Crippen LogP contribution in [0, 0.1) is 17.8 Å². The topological polar surface area (TPSA) is 136 Å². The van der Waals surface area contributed by atoms with Gasteiger partial charge in [0, 0.05) is 35.0 Å². The molecule has 1 aliphatic rings. The minimum atomic E-state index is -2.83. The lowest BCUT2D eigenvalue weighted by atomic mass is 9.94. The normalized spacial score (nSPS) is 13.4. The lowest BCUT2D eigenvalue weighted by Gasteiger charge is -2.15. The Morgan fingerprint density at radius 2 is 2.16 bits per heavy atom. The number of aliphatic hydroxyl groups is 1. The number of rotatable bonds is 9. The van der Waals surface area contributed by atoms with E-state index in [1.54, 1.807) is 18.2 Å². The Kier molecular flexibility index (Phi) is 8.73. The molecule has 1 aliphatic carbocycles. The molecule has 0 radical (unpaired) electrons. The number of hydrogen-bond acceptors (Lipinski definition) is 9. The number of nitrogens with one attached hydrogen (secondary N) is 1. The zero-order chi connectivity index (χ0) is 27.1. The van der Waals surface area contributed by atoms with Crippen molar-refractivity contribution in [1.29, 1.82) is 0 Å². The molecule has 9 nitrogen and oxygen atoms in total. The fourth-order valence-corrected chi connectivity index (χ4v) is 4.01. The summed E-state index contributed by atoms with van der Waals surface area (Å²) in [5.41, 5.74) is 7.09. The summed E-state index contributed by atoms with van der Waals surface area (Å²) in [5, 5.41) is 20.5. The largest absolute Gasteiger partial charge is 0.494 e. The van der Waals surface area contributed by atoms with E-state index in [1.807, 2.05) is 0 Å². The van der Waals surface area contributed by atoms with Gasteiger partial charge in [-0.15, -0.1) is 10.2 Å². The van der Waals surface area contributed by atoms with Gasteiger partial charge in [0.25, 0.3) is 12.3 Å². The molecule has 0 saturated heterocycles. The van der Waals surface area contributed by atoms with Crippen molar-refractivity contribution in [2.24, 2.45) is 16.6 Å². The van der Waals surface area contributed by atoms with E-state index in [2.05, 4.69) is 37.3 Å². The van der Waals surface area contributed by atoms with Crippen LogP contribution in [0.15, 0.2) is 41.7 Å². The lowest BCUT2D eigenvalue weighted by Crippen LogP contribution is -2.14. The van der Waals surface area contributed by atoms with E-state index in [0.717, 1.165) is 24.2 Å². The molecule has 2 heterocycles. The molecule has 4 N–H and O–H groups in total. The highest BCUT2D eigenvalue weighted by Gasteiger charge is 2.22. The lowest BCUT2D eigenvalue weighted by molar-refractivity contribution is 0.102. The smallest absolute Gasteiger partial charge is 0.280 e. The van der Waals surface area contributed by atoms with Gasteiger partial charge in [-0.1, -0.05) is 23.3 Å². The molecule has 0 bridgehead atoms. The summed E-state index contributed by atoms with van der Waals surface area (Å²) in [6.45, 7) is 0.0400. The number of benzene rings is 1. The van der Waals surface area contributed by atoms with E-state index < -0.39 is 18.0 Å². The molecule has 1 amide bonds. The Morgan fingerprint density at radius 3 is 2.84 bits per heavy atom. The van der Waals surface area contributed by atoms with Crippen LogP contribution in [0.5, 0.6) is 5.75 Å². The Balaban J connectivity index is 1.75. The SMILES string of the molecule is COc1cnc(C(F)F)cc1-c1cc(/C(C=NCCO)=C/N)ccc1C(=O)Nc1nnc(C#CC2CC2)s1. The Labute approximate surface area is 221 Å². The predicted octanol–water partition coefficient (Wildman–Crippen LogP) is 3.92. The first-order valence-corrected chi connectivity index (χ1v) is 12.4. The van der Waals surface area contributed by atoms with Crippen LogP contribution in [-0.4, -0.2) is 52.7 Å². The van der Waals surface area contributed by atoms with Gasteiger partial charge in [0.2, 0.25) is 5.13 Å². The minimum Gasteiger partial charge on any atom is -0.494 e. The van der Waals surface area contributed by atoms with Crippen molar-refractivity contribution >= 4 is 34.2 Å². The van der Waals surface area contributed by atoms with Crippen LogP contribution in [-0.2, 0) is 0 Å². The van der Waals surface area contributed by atoms with Gasteiger partial charge in [-0.2, -0.15) is 0 Å². The van der Waals surface area contributed by atoms with Gasteiger partial charge in [0.15, 0.2) is 5.01 Å². The minimum absolute atomic E-state index is 0.136. The van der Waals surface area contributed by atoms with Gasteiger partial charge in [-0.25, -0.2) is 8.78 Å². The molecule has 196 valence electrons. The standard InChI is InChI=1S/C26H24F2N6O3S/c1-37-22-14-31-21(24(27)28)11-20(22)19-10-16(17(12-29)13-30-8-9-35)5-6-18(19)25(36)32-26-34-33-23(38-26)7-4-15-2-3-15/h5-6,10-15,24,35H,2-3,8-9,29H2,1H3,(H,32,34,36)/b17-12+,30-13?. The fraction of sp³-hybridized carbons (Fsp3) is 0.269. The number of carbonyl (C=O) groups excluding carboxylic acids is 1. The van der Waals surface area contributed by atoms with Crippen LogP contribution in [0.25, 0.3) is 16.7 Å². The molecule has 38 heavy (non-hydrogen) atoms. The van der Waals surface area contributed by atoms with Gasteiger partial charge in [0.1, 0.15) is 11.4 Å². The number of pyridine rings is 1. The first-order valence-electron chi connectivity index (χ1n) is 11.6. The Hall–Kier alpha value is -4.21. The first kappa shape index (κ1) is 26.8. The van der Waals surface area contributed by atoms with E-state index >= 15 is 0 Å².